The van der Waals surface area contributed by atoms with Crippen LogP contribution in [0.5, 0.6) is 0 Å². The molecule has 0 N–H and O–H groups in total. The van der Waals surface area contributed by atoms with Crippen molar-refractivity contribution in [3.05, 3.63) is 6.92 Å². The smallest absolute Gasteiger partial charge is 1.00 e. The first-order chi connectivity index (χ1) is 3.81. The van der Waals surface area contributed by atoms with E-state index in [0.29, 0.717) is 0 Å². The second-order valence-electron chi connectivity index (χ2n) is 2.51. The molecule has 0 saturated heterocycles. The zero-order valence-corrected chi connectivity index (χ0v) is 9.37. The maximum absolute atomic E-state index is 3.79. The van der Waals surface area contributed by atoms with Crippen molar-refractivity contribution in [2.45, 2.75) is 39.5 Å². The Morgan fingerprint density at radius 3 is 2.20 bits per heavy atom. The minimum absolute atomic E-state index is 0. The van der Waals surface area contributed by atoms with Gasteiger partial charge in [0.1, 0.15) is 0 Å². The summed E-state index contributed by atoms with van der Waals surface area (Å²) in [6.45, 7) is 8.34. The van der Waals surface area contributed by atoms with E-state index in [9.17, 15) is 0 Å². The number of unbranched alkanes of at least 4 members (excludes halogenated alkanes) is 1. The van der Waals surface area contributed by atoms with E-state index in [4.69, 9.17) is 0 Å². The average Bonchev–Trinajstić information content (AvgIpc) is 1.83. The topological polar surface area (TPSA) is 0 Å². The van der Waals surface area contributed by atoms with Gasteiger partial charge in [-0.1, -0.05) is 33.1 Å². The average molecular weight is 173 g/mol. The molecule has 0 saturated carbocycles. The molecule has 0 aromatic carbocycles. The summed E-state index contributed by atoms with van der Waals surface area (Å²) in [5.41, 5.74) is 0. The van der Waals surface area contributed by atoms with E-state index < -0.39 is 0 Å². The van der Waals surface area contributed by atoms with E-state index in [1.807, 2.05) is 0 Å². The van der Waals surface area contributed by atoms with Gasteiger partial charge in [-0.15, -0.1) is 0 Å². The minimum atomic E-state index is 0. The van der Waals surface area contributed by atoms with Gasteiger partial charge >= 0.3 is 23.1 Å². The third kappa shape index (κ3) is 11.8. The Hall–Kier alpha value is 1.06. The summed E-state index contributed by atoms with van der Waals surface area (Å²) in [6.07, 6.45) is 5.08. The molecule has 1 atom stereocenters. The van der Waals surface area contributed by atoms with Crippen LogP contribution in [0.3, 0.4) is 0 Å². The van der Waals surface area contributed by atoms with Gasteiger partial charge in [0.2, 0.25) is 0 Å². The van der Waals surface area contributed by atoms with Crippen LogP contribution < -0.4 is 12.4 Å². The Morgan fingerprint density at radius 1 is 1.40 bits per heavy atom. The molecule has 0 spiro atoms. The van der Waals surface area contributed by atoms with E-state index in [-0.39, 0.29) is 35.5 Å². The second-order valence-corrected chi connectivity index (χ2v) is 2.51. The van der Waals surface area contributed by atoms with E-state index in [2.05, 4.69) is 20.8 Å². The molecule has 1 unspecified atom stereocenters. The number of rotatable bonds is 4. The second kappa shape index (κ2) is 12.7. The van der Waals surface area contributed by atoms with E-state index in [1.54, 1.807) is 0 Å². The number of halogens is 1. The van der Waals surface area contributed by atoms with Crippen molar-refractivity contribution in [3.63, 3.8) is 0 Å². The predicted molar refractivity (Wildman–Crippen MR) is 44.4 cm³/mol. The molecule has 0 amide bonds. The van der Waals surface area contributed by atoms with Crippen molar-refractivity contribution in [2.24, 2.45) is 5.92 Å². The molecular formula is C8H17ClMg. The summed E-state index contributed by atoms with van der Waals surface area (Å²) in [4.78, 5) is 0. The zero-order valence-electron chi connectivity index (χ0n) is 7.20. The van der Waals surface area contributed by atoms with Crippen molar-refractivity contribution in [1.82, 2.24) is 0 Å². The summed E-state index contributed by atoms with van der Waals surface area (Å²) in [7, 11) is 0. The van der Waals surface area contributed by atoms with Gasteiger partial charge < -0.3 is 19.3 Å². The van der Waals surface area contributed by atoms with Crippen LogP contribution in [-0.2, 0) is 0 Å². The molecule has 0 heterocycles. The molecule has 10 heavy (non-hydrogen) atoms. The maximum atomic E-state index is 3.79. The monoisotopic (exact) mass is 172 g/mol. The van der Waals surface area contributed by atoms with Crippen LogP contribution >= 0.6 is 0 Å². The summed E-state index contributed by atoms with van der Waals surface area (Å²) in [6, 6.07) is 0. The molecule has 2 heteroatoms. The van der Waals surface area contributed by atoms with Crippen LogP contribution in [0.15, 0.2) is 0 Å². The standard InChI is InChI=1S/C8H17.ClH.Mg/c1-4-6-7-8(3)5-2;;/h8H,1,4-7H2,2-3H3;1H;/q-1;;+2/p-1. The zero-order chi connectivity index (χ0) is 6.41. The molecule has 0 aromatic heterocycles. The van der Waals surface area contributed by atoms with Crippen LogP contribution in [0.1, 0.15) is 39.5 Å². The summed E-state index contributed by atoms with van der Waals surface area (Å²) in [5, 5.41) is 0. The first-order valence-corrected chi connectivity index (χ1v) is 3.60. The quantitative estimate of drug-likeness (QED) is 0.403. The fraction of sp³-hybridized carbons (Fsp3) is 0.875. The molecule has 0 radical (unpaired) electrons. The third-order valence-electron chi connectivity index (χ3n) is 1.64. The molecule has 0 aliphatic heterocycles. The van der Waals surface area contributed by atoms with Gasteiger partial charge in [0.05, 0.1) is 0 Å². The Balaban J connectivity index is -0.000000245. The van der Waals surface area contributed by atoms with E-state index in [1.165, 1.54) is 19.3 Å². The molecule has 0 aliphatic rings. The Bertz CT molecular complexity index is 48.5. The van der Waals surface area contributed by atoms with Gasteiger partial charge in [0.25, 0.3) is 0 Å². The number of hydrogen-bond donors (Lipinski definition) is 0. The van der Waals surface area contributed by atoms with Crippen LogP contribution in [0, 0.1) is 12.8 Å². The molecule has 0 bridgehead atoms. The van der Waals surface area contributed by atoms with Crippen LogP contribution in [-0.4, -0.2) is 23.1 Å². The van der Waals surface area contributed by atoms with Gasteiger partial charge in [-0.05, 0) is 5.92 Å². The summed E-state index contributed by atoms with van der Waals surface area (Å²) < 4.78 is 0. The van der Waals surface area contributed by atoms with Crippen LogP contribution in [0.25, 0.3) is 0 Å². The predicted octanol–water partition coefficient (Wildman–Crippen LogP) is -0.340. The summed E-state index contributed by atoms with van der Waals surface area (Å²) in [5.74, 6) is 0.914. The molecule has 58 valence electrons. The van der Waals surface area contributed by atoms with Crippen molar-refractivity contribution >= 4 is 23.1 Å². The van der Waals surface area contributed by atoms with Crippen LogP contribution in [0.4, 0.5) is 0 Å². The van der Waals surface area contributed by atoms with E-state index in [0.717, 1.165) is 12.3 Å². The fourth-order valence-electron chi connectivity index (χ4n) is 0.697. The molecule has 0 fully saturated rings. The molecular weight excluding hydrogens is 156 g/mol. The normalized spacial score (nSPS) is 11.1. The van der Waals surface area contributed by atoms with Crippen LogP contribution in [0.2, 0.25) is 0 Å². The Kier molecular flexibility index (Phi) is 21.9. The minimum Gasteiger partial charge on any atom is -1.00 e. The first kappa shape index (κ1) is 17.2. The Morgan fingerprint density at radius 2 is 1.90 bits per heavy atom. The van der Waals surface area contributed by atoms with Gasteiger partial charge in [-0.25, -0.2) is 0 Å². The fourth-order valence-corrected chi connectivity index (χ4v) is 0.697. The van der Waals surface area contributed by atoms with Crippen molar-refractivity contribution < 1.29 is 12.4 Å². The first-order valence-electron chi connectivity index (χ1n) is 3.60. The molecule has 0 aliphatic carbocycles. The van der Waals surface area contributed by atoms with Gasteiger partial charge in [0, 0.05) is 0 Å². The van der Waals surface area contributed by atoms with Gasteiger partial charge in [0.15, 0.2) is 0 Å². The Labute approximate surface area is 87.7 Å². The largest absolute Gasteiger partial charge is 2.00 e. The van der Waals surface area contributed by atoms with E-state index >= 15 is 0 Å². The van der Waals surface area contributed by atoms with Crippen molar-refractivity contribution in [1.29, 1.82) is 0 Å². The SMILES string of the molecule is [CH2-]CCCC(C)CC.[Cl-].[Mg+2]. The summed E-state index contributed by atoms with van der Waals surface area (Å²) >= 11 is 0. The molecule has 0 aromatic rings. The van der Waals surface area contributed by atoms with Crippen molar-refractivity contribution in [3.8, 4) is 0 Å². The van der Waals surface area contributed by atoms with Gasteiger partial charge in [-0.3, -0.25) is 0 Å². The third-order valence-corrected chi connectivity index (χ3v) is 1.64. The van der Waals surface area contributed by atoms with Crippen molar-refractivity contribution in [2.75, 3.05) is 0 Å². The number of hydrogen-bond acceptors (Lipinski definition) is 0. The molecule has 0 nitrogen and oxygen atoms in total. The van der Waals surface area contributed by atoms with Gasteiger partial charge in [-0.2, -0.15) is 6.42 Å². The maximum Gasteiger partial charge on any atom is 2.00 e. The molecule has 0 rings (SSSR count).